The van der Waals surface area contributed by atoms with Gasteiger partial charge < -0.3 is 15.1 Å². The van der Waals surface area contributed by atoms with E-state index in [1.165, 1.54) is 19.3 Å². The molecule has 2 aliphatic rings. The minimum atomic E-state index is -0.865. The van der Waals surface area contributed by atoms with Crippen molar-refractivity contribution in [1.82, 2.24) is 10.2 Å². The zero-order valence-corrected chi connectivity index (χ0v) is 20.3. The molecule has 0 radical (unpaired) electrons. The lowest BCUT2D eigenvalue weighted by atomic mass is 10.00. The normalized spacial score (nSPS) is 19.4. The molecule has 0 saturated carbocycles. The van der Waals surface area contributed by atoms with Gasteiger partial charge in [-0.1, -0.05) is 60.7 Å². The van der Waals surface area contributed by atoms with Gasteiger partial charge in [0.25, 0.3) is 5.91 Å². The Kier molecular flexibility index (Phi) is 7.33. The monoisotopic (exact) mass is 488 g/mol. The molecule has 2 aliphatic heterocycles. The van der Waals surface area contributed by atoms with Crippen LogP contribution in [-0.2, 0) is 4.79 Å². The van der Waals surface area contributed by atoms with E-state index in [4.69, 9.17) is 40.4 Å². The van der Waals surface area contributed by atoms with Gasteiger partial charge in [-0.2, -0.15) is 0 Å². The molecule has 1 fully saturated rings. The maximum atomic E-state index is 13.4. The van der Waals surface area contributed by atoms with Crippen molar-refractivity contribution in [1.29, 1.82) is 0 Å². The standard InChI is InChI=1S/C24H26Cl2N4OS/c1-29-20-12-11-16(25)15-18(20)21(17-9-5-6-10-19(17)26)27-22(23(29)31)28-24(32)30-13-7-3-2-4-8-14-30/h5-6,9-12,15,22H,2-4,7-8,13-14H2,1H3,(H,28,32). The zero-order valence-electron chi connectivity index (χ0n) is 18.0. The molecule has 0 aromatic heterocycles. The Morgan fingerprint density at radius 3 is 2.44 bits per heavy atom. The average Bonchev–Trinajstić information content (AvgIpc) is 2.84. The van der Waals surface area contributed by atoms with Crippen LogP contribution in [-0.4, -0.2) is 47.9 Å². The summed E-state index contributed by atoms with van der Waals surface area (Å²) in [5.41, 5.74) is 2.83. The van der Waals surface area contributed by atoms with Crippen LogP contribution in [0.1, 0.15) is 43.2 Å². The van der Waals surface area contributed by atoms with Gasteiger partial charge in [-0.25, -0.2) is 4.99 Å². The highest BCUT2D eigenvalue weighted by Gasteiger charge is 2.32. The zero-order chi connectivity index (χ0) is 22.7. The topological polar surface area (TPSA) is 47.9 Å². The number of carbonyl (C=O) groups excluding carboxylic acids is 1. The van der Waals surface area contributed by atoms with Crippen LogP contribution in [0, 0.1) is 0 Å². The molecular weight excluding hydrogens is 463 g/mol. The van der Waals surface area contributed by atoms with Crippen molar-refractivity contribution in [3.05, 3.63) is 63.6 Å². The van der Waals surface area contributed by atoms with Gasteiger partial charge in [0.1, 0.15) is 0 Å². The fourth-order valence-corrected chi connectivity index (χ4v) is 4.86. The van der Waals surface area contributed by atoms with E-state index in [1.54, 1.807) is 18.0 Å². The Morgan fingerprint density at radius 1 is 1.03 bits per heavy atom. The summed E-state index contributed by atoms with van der Waals surface area (Å²) in [7, 11) is 1.74. The lowest BCUT2D eigenvalue weighted by Crippen LogP contribution is -2.51. The van der Waals surface area contributed by atoms with Gasteiger partial charge in [0.2, 0.25) is 6.17 Å². The lowest BCUT2D eigenvalue weighted by molar-refractivity contribution is -0.119. The Hall–Kier alpha value is -2.15. The first-order chi connectivity index (χ1) is 15.5. The summed E-state index contributed by atoms with van der Waals surface area (Å²) in [5.74, 6) is -0.190. The van der Waals surface area contributed by atoms with E-state index in [0.717, 1.165) is 42.7 Å². The number of amides is 1. The number of benzene rings is 2. The van der Waals surface area contributed by atoms with Crippen molar-refractivity contribution >= 4 is 57.8 Å². The summed E-state index contributed by atoms with van der Waals surface area (Å²) in [6.45, 7) is 1.78. The van der Waals surface area contributed by atoms with Crippen molar-refractivity contribution in [2.24, 2.45) is 4.99 Å². The number of likely N-dealkylation sites (tertiary alicyclic amines) is 1. The Balaban J connectivity index is 1.73. The molecular formula is C24H26Cl2N4OS. The number of hydrogen-bond donors (Lipinski definition) is 1. The number of anilines is 1. The van der Waals surface area contributed by atoms with Crippen LogP contribution in [0.2, 0.25) is 10.0 Å². The third kappa shape index (κ3) is 4.92. The second-order valence-electron chi connectivity index (χ2n) is 8.12. The SMILES string of the molecule is CN1C(=O)C(NC(=S)N2CCCCCCC2)N=C(c2ccccc2Cl)c2cc(Cl)ccc21. The van der Waals surface area contributed by atoms with E-state index in [9.17, 15) is 4.79 Å². The molecule has 4 rings (SSSR count). The second kappa shape index (κ2) is 10.2. The molecule has 8 heteroatoms. The highest BCUT2D eigenvalue weighted by atomic mass is 35.5. The molecule has 2 aromatic rings. The molecule has 2 aromatic carbocycles. The lowest BCUT2D eigenvalue weighted by Gasteiger charge is -2.29. The summed E-state index contributed by atoms with van der Waals surface area (Å²) >= 11 is 18.6. The first-order valence-corrected chi connectivity index (χ1v) is 12.1. The van der Waals surface area contributed by atoms with E-state index in [1.807, 2.05) is 36.4 Å². The van der Waals surface area contributed by atoms with Crippen LogP contribution in [0.5, 0.6) is 0 Å². The van der Waals surface area contributed by atoms with Crippen molar-refractivity contribution in [2.75, 3.05) is 25.0 Å². The molecule has 1 atom stereocenters. The molecule has 1 saturated heterocycles. The predicted octanol–water partition coefficient (Wildman–Crippen LogP) is 5.27. The van der Waals surface area contributed by atoms with E-state index >= 15 is 0 Å². The minimum Gasteiger partial charge on any atom is -0.349 e. The molecule has 0 aliphatic carbocycles. The Morgan fingerprint density at radius 2 is 1.72 bits per heavy atom. The van der Waals surface area contributed by atoms with Gasteiger partial charge >= 0.3 is 0 Å². The number of aliphatic imine (C=N–C) groups is 1. The number of rotatable bonds is 2. The first kappa shape index (κ1) is 23.0. The summed E-state index contributed by atoms with van der Waals surface area (Å²) in [4.78, 5) is 22.0. The van der Waals surface area contributed by atoms with Gasteiger partial charge in [0, 0.05) is 41.3 Å². The predicted molar refractivity (Wildman–Crippen MR) is 136 cm³/mol. The number of halogens is 2. The van der Waals surface area contributed by atoms with Crippen LogP contribution < -0.4 is 10.2 Å². The number of carbonyl (C=O) groups is 1. The van der Waals surface area contributed by atoms with Crippen LogP contribution in [0.4, 0.5) is 5.69 Å². The molecule has 5 nitrogen and oxygen atoms in total. The molecule has 1 amide bonds. The molecule has 0 bridgehead atoms. The van der Waals surface area contributed by atoms with E-state index in [-0.39, 0.29) is 5.91 Å². The van der Waals surface area contributed by atoms with E-state index in [0.29, 0.717) is 20.9 Å². The van der Waals surface area contributed by atoms with Crippen LogP contribution in [0.3, 0.4) is 0 Å². The number of nitrogens with one attached hydrogen (secondary N) is 1. The van der Waals surface area contributed by atoms with E-state index < -0.39 is 6.17 Å². The Bertz CT molecular complexity index is 1050. The summed E-state index contributed by atoms with van der Waals surface area (Å²) in [6, 6.07) is 12.9. The number of nitrogens with zero attached hydrogens (tertiary/aromatic N) is 3. The maximum absolute atomic E-state index is 13.4. The molecule has 1 unspecified atom stereocenters. The third-order valence-electron chi connectivity index (χ3n) is 5.93. The fourth-order valence-electron chi connectivity index (χ4n) is 4.17. The number of hydrogen-bond acceptors (Lipinski definition) is 3. The van der Waals surface area contributed by atoms with Gasteiger partial charge in [0.05, 0.1) is 11.4 Å². The highest BCUT2D eigenvalue weighted by molar-refractivity contribution is 7.80. The molecule has 32 heavy (non-hydrogen) atoms. The van der Waals surface area contributed by atoms with Crippen molar-refractivity contribution < 1.29 is 4.79 Å². The highest BCUT2D eigenvalue weighted by Crippen LogP contribution is 2.31. The number of thiocarbonyl (C=S) groups is 1. The largest absolute Gasteiger partial charge is 0.349 e. The molecule has 1 N–H and O–H groups in total. The third-order valence-corrected chi connectivity index (χ3v) is 6.87. The second-order valence-corrected chi connectivity index (χ2v) is 9.35. The Labute approximate surface area is 204 Å². The smallest absolute Gasteiger partial charge is 0.272 e. The quantitative estimate of drug-likeness (QED) is 0.584. The van der Waals surface area contributed by atoms with E-state index in [2.05, 4.69) is 10.2 Å². The van der Waals surface area contributed by atoms with Gasteiger partial charge in [-0.3, -0.25) is 4.79 Å². The summed E-state index contributed by atoms with van der Waals surface area (Å²) in [5, 5.41) is 4.91. The maximum Gasteiger partial charge on any atom is 0.272 e. The first-order valence-electron chi connectivity index (χ1n) is 10.9. The van der Waals surface area contributed by atoms with Crippen molar-refractivity contribution in [2.45, 2.75) is 38.3 Å². The minimum absolute atomic E-state index is 0.190. The fraction of sp³-hybridized carbons (Fsp3) is 0.375. The number of fused-ring (bicyclic) bond motifs is 1. The van der Waals surface area contributed by atoms with Gasteiger partial charge in [-0.05, 0) is 49.3 Å². The van der Waals surface area contributed by atoms with Crippen molar-refractivity contribution in [3.8, 4) is 0 Å². The van der Waals surface area contributed by atoms with Crippen LogP contribution in [0.25, 0.3) is 0 Å². The summed E-state index contributed by atoms with van der Waals surface area (Å²) in [6.07, 6.45) is 5.00. The molecule has 0 spiro atoms. The van der Waals surface area contributed by atoms with Crippen LogP contribution in [0.15, 0.2) is 47.5 Å². The molecule has 2 heterocycles. The number of likely N-dealkylation sites (N-methyl/N-ethyl adjacent to an activating group) is 1. The van der Waals surface area contributed by atoms with Crippen molar-refractivity contribution in [3.63, 3.8) is 0 Å². The molecule has 168 valence electrons. The van der Waals surface area contributed by atoms with Crippen LogP contribution >= 0.6 is 35.4 Å². The summed E-state index contributed by atoms with van der Waals surface area (Å²) < 4.78 is 0. The number of benzodiazepines with no additional fused rings is 1. The average molecular weight is 489 g/mol. The van der Waals surface area contributed by atoms with Gasteiger partial charge in [0.15, 0.2) is 5.11 Å². The van der Waals surface area contributed by atoms with Gasteiger partial charge in [-0.15, -0.1) is 0 Å².